The molecule has 0 spiro atoms. The predicted molar refractivity (Wildman–Crippen MR) is 70.6 cm³/mol. The van der Waals surface area contributed by atoms with Crippen molar-refractivity contribution in [3.63, 3.8) is 0 Å². The van der Waals surface area contributed by atoms with Crippen LogP contribution in [0.25, 0.3) is 0 Å². The van der Waals surface area contributed by atoms with Crippen molar-refractivity contribution >= 4 is 23.1 Å². The second kappa shape index (κ2) is 4.74. The van der Waals surface area contributed by atoms with E-state index in [0.717, 1.165) is 5.56 Å². The number of nitrogen functional groups attached to an aromatic ring is 1. The Hall–Kier alpha value is -1.22. The summed E-state index contributed by atoms with van der Waals surface area (Å²) in [5.41, 5.74) is 13.0. The highest BCUT2D eigenvalue weighted by atomic mass is 35.5. The summed E-state index contributed by atoms with van der Waals surface area (Å²) >= 11 is 5.83. The number of hydrogen-bond donors (Lipinski definition) is 2. The van der Waals surface area contributed by atoms with Crippen molar-refractivity contribution in [3.8, 4) is 0 Å². The van der Waals surface area contributed by atoms with Gasteiger partial charge in [-0.05, 0) is 17.7 Å². The molecule has 88 valence electrons. The highest BCUT2D eigenvalue weighted by Crippen LogP contribution is 2.20. The Labute approximate surface area is 101 Å². The first-order valence-electron chi connectivity index (χ1n) is 5.15. The number of rotatable bonds is 2. The molecule has 1 rings (SSSR count). The zero-order valence-electron chi connectivity index (χ0n) is 9.92. The predicted octanol–water partition coefficient (Wildman–Crippen LogP) is 2.83. The van der Waals surface area contributed by atoms with Gasteiger partial charge in [0.05, 0.1) is 23.1 Å². The average Bonchev–Trinajstić information content (AvgIpc) is 2.18. The Bertz CT molecular complexity index is 405. The van der Waals surface area contributed by atoms with Crippen LogP contribution in [0.4, 0.5) is 5.69 Å². The lowest BCUT2D eigenvalue weighted by atomic mass is 9.95. The molecule has 3 nitrogen and oxygen atoms in total. The van der Waals surface area contributed by atoms with Gasteiger partial charge in [-0.1, -0.05) is 38.4 Å². The van der Waals surface area contributed by atoms with Crippen LogP contribution in [-0.4, -0.2) is 5.84 Å². The molecular weight excluding hydrogens is 222 g/mol. The van der Waals surface area contributed by atoms with E-state index in [9.17, 15) is 0 Å². The molecule has 1 aromatic rings. The van der Waals surface area contributed by atoms with Gasteiger partial charge in [0.1, 0.15) is 0 Å². The van der Waals surface area contributed by atoms with Crippen LogP contribution >= 0.6 is 11.6 Å². The molecule has 1 aromatic carbocycles. The van der Waals surface area contributed by atoms with Crippen molar-refractivity contribution in [1.82, 2.24) is 0 Å². The summed E-state index contributed by atoms with van der Waals surface area (Å²) in [5.74, 6) is 0.640. The fourth-order valence-corrected chi connectivity index (χ4v) is 1.22. The minimum Gasteiger partial charge on any atom is -0.398 e. The SMILES string of the molecule is CC(C)(C)C(N)=NCc1ccc(Cl)c(N)c1. The van der Waals surface area contributed by atoms with Crippen molar-refractivity contribution in [2.75, 3.05) is 5.73 Å². The van der Waals surface area contributed by atoms with E-state index in [1.165, 1.54) is 0 Å². The second-order valence-corrected chi connectivity index (χ2v) is 5.21. The molecule has 0 saturated carbocycles. The van der Waals surface area contributed by atoms with Crippen molar-refractivity contribution in [2.24, 2.45) is 16.1 Å². The zero-order chi connectivity index (χ0) is 12.3. The summed E-state index contributed by atoms with van der Waals surface area (Å²) in [6, 6.07) is 5.49. The Morgan fingerprint density at radius 1 is 1.38 bits per heavy atom. The van der Waals surface area contributed by atoms with Crippen LogP contribution in [0.1, 0.15) is 26.3 Å². The largest absolute Gasteiger partial charge is 0.398 e. The van der Waals surface area contributed by atoms with Crippen LogP contribution in [0.3, 0.4) is 0 Å². The van der Waals surface area contributed by atoms with Gasteiger partial charge in [0.25, 0.3) is 0 Å². The molecular formula is C12H18ClN3. The maximum atomic E-state index is 5.86. The summed E-state index contributed by atoms with van der Waals surface area (Å²) in [5, 5.41) is 0.566. The third-order valence-corrected chi connectivity index (χ3v) is 2.61. The van der Waals surface area contributed by atoms with Gasteiger partial charge in [0, 0.05) is 5.41 Å². The molecule has 0 heterocycles. The van der Waals surface area contributed by atoms with Gasteiger partial charge in [0.15, 0.2) is 0 Å². The molecule has 0 aliphatic heterocycles. The van der Waals surface area contributed by atoms with Crippen LogP contribution in [0.2, 0.25) is 5.02 Å². The lowest BCUT2D eigenvalue weighted by Crippen LogP contribution is -2.28. The van der Waals surface area contributed by atoms with Crippen molar-refractivity contribution in [3.05, 3.63) is 28.8 Å². The van der Waals surface area contributed by atoms with Gasteiger partial charge >= 0.3 is 0 Å². The van der Waals surface area contributed by atoms with E-state index in [1.807, 2.05) is 32.9 Å². The molecule has 0 amide bonds. The number of anilines is 1. The number of nitrogens with zero attached hydrogens (tertiary/aromatic N) is 1. The van der Waals surface area contributed by atoms with Crippen LogP contribution in [0.15, 0.2) is 23.2 Å². The van der Waals surface area contributed by atoms with Gasteiger partial charge in [0.2, 0.25) is 0 Å². The van der Waals surface area contributed by atoms with E-state index in [0.29, 0.717) is 23.1 Å². The van der Waals surface area contributed by atoms with Crippen molar-refractivity contribution in [1.29, 1.82) is 0 Å². The van der Waals surface area contributed by atoms with Gasteiger partial charge in [-0.15, -0.1) is 0 Å². The van der Waals surface area contributed by atoms with E-state index in [2.05, 4.69) is 4.99 Å². The normalized spacial score (nSPS) is 12.9. The lowest BCUT2D eigenvalue weighted by molar-refractivity contribution is 0.581. The average molecular weight is 240 g/mol. The molecule has 4 heteroatoms. The highest BCUT2D eigenvalue weighted by molar-refractivity contribution is 6.33. The molecule has 16 heavy (non-hydrogen) atoms. The number of benzene rings is 1. The Kier molecular flexibility index (Phi) is 3.81. The van der Waals surface area contributed by atoms with Crippen LogP contribution in [0, 0.1) is 5.41 Å². The third kappa shape index (κ3) is 3.42. The van der Waals surface area contributed by atoms with Crippen molar-refractivity contribution < 1.29 is 0 Å². The summed E-state index contributed by atoms with van der Waals surface area (Å²) < 4.78 is 0. The third-order valence-electron chi connectivity index (χ3n) is 2.26. The topological polar surface area (TPSA) is 64.4 Å². The monoisotopic (exact) mass is 239 g/mol. The number of halogens is 1. The maximum absolute atomic E-state index is 5.86. The molecule has 0 atom stereocenters. The van der Waals surface area contributed by atoms with E-state index in [4.69, 9.17) is 23.1 Å². The number of amidine groups is 1. The molecule has 0 aromatic heterocycles. The molecule has 0 fully saturated rings. The van der Waals surface area contributed by atoms with E-state index in [-0.39, 0.29) is 5.41 Å². The Morgan fingerprint density at radius 2 is 2.00 bits per heavy atom. The Morgan fingerprint density at radius 3 is 2.50 bits per heavy atom. The molecule has 0 aliphatic carbocycles. The second-order valence-electron chi connectivity index (χ2n) is 4.81. The van der Waals surface area contributed by atoms with E-state index < -0.39 is 0 Å². The van der Waals surface area contributed by atoms with Crippen LogP contribution < -0.4 is 11.5 Å². The fraction of sp³-hybridized carbons (Fsp3) is 0.417. The van der Waals surface area contributed by atoms with Gasteiger partial charge in [-0.3, -0.25) is 4.99 Å². The van der Waals surface area contributed by atoms with Crippen LogP contribution in [0.5, 0.6) is 0 Å². The summed E-state index contributed by atoms with van der Waals surface area (Å²) in [4.78, 5) is 4.33. The number of aliphatic imine (C=N–C) groups is 1. The molecule has 0 unspecified atom stereocenters. The summed E-state index contributed by atoms with van der Waals surface area (Å²) in [6.07, 6.45) is 0. The molecule has 0 aliphatic rings. The van der Waals surface area contributed by atoms with E-state index in [1.54, 1.807) is 6.07 Å². The smallest absolute Gasteiger partial charge is 0.0995 e. The van der Waals surface area contributed by atoms with Gasteiger partial charge < -0.3 is 11.5 Å². The summed E-state index contributed by atoms with van der Waals surface area (Å²) in [6.45, 7) is 6.62. The first-order chi connectivity index (χ1) is 7.30. The first kappa shape index (κ1) is 12.8. The Balaban J connectivity index is 2.79. The molecule has 0 saturated heterocycles. The zero-order valence-corrected chi connectivity index (χ0v) is 10.7. The van der Waals surface area contributed by atoms with Gasteiger partial charge in [-0.25, -0.2) is 0 Å². The number of hydrogen-bond acceptors (Lipinski definition) is 2. The highest BCUT2D eigenvalue weighted by Gasteiger charge is 2.14. The standard InChI is InChI=1S/C12H18ClN3/c1-12(2,3)11(15)16-7-8-4-5-9(13)10(14)6-8/h4-6H,7,14H2,1-3H3,(H2,15,16). The molecule has 0 radical (unpaired) electrons. The molecule has 4 N–H and O–H groups in total. The molecule has 0 bridgehead atoms. The minimum atomic E-state index is -0.0992. The van der Waals surface area contributed by atoms with Gasteiger partial charge in [-0.2, -0.15) is 0 Å². The minimum absolute atomic E-state index is 0.0992. The number of nitrogens with two attached hydrogens (primary N) is 2. The van der Waals surface area contributed by atoms with E-state index >= 15 is 0 Å². The first-order valence-corrected chi connectivity index (χ1v) is 5.53. The lowest BCUT2D eigenvalue weighted by Gasteiger charge is -2.17. The maximum Gasteiger partial charge on any atom is 0.0995 e. The fourth-order valence-electron chi connectivity index (χ4n) is 1.11. The quantitative estimate of drug-likeness (QED) is 0.474. The van der Waals surface area contributed by atoms with Crippen molar-refractivity contribution in [2.45, 2.75) is 27.3 Å². The summed E-state index contributed by atoms with van der Waals surface area (Å²) in [7, 11) is 0. The van der Waals surface area contributed by atoms with Crippen LogP contribution in [-0.2, 0) is 6.54 Å².